The van der Waals surface area contributed by atoms with Crippen molar-refractivity contribution in [3.63, 3.8) is 0 Å². The van der Waals surface area contributed by atoms with Gasteiger partial charge in [-0.15, -0.1) is 0 Å². The molecule has 2 fully saturated rings. The van der Waals surface area contributed by atoms with Gasteiger partial charge in [0.2, 0.25) is 11.7 Å². The number of halogens is 1. The van der Waals surface area contributed by atoms with Crippen molar-refractivity contribution in [1.29, 1.82) is 0 Å². The highest BCUT2D eigenvalue weighted by Gasteiger charge is 2.37. The Bertz CT molecular complexity index is 723. The second-order valence-corrected chi connectivity index (χ2v) is 7.68. The largest absolute Gasteiger partial charge is 0.347 e. The topological polar surface area (TPSA) is 66.5 Å². The Kier molecular flexibility index (Phi) is 6.67. The Morgan fingerprint density at radius 2 is 1.70 bits per heavy atom. The van der Waals surface area contributed by atoms with Gasteiger partial charge in [0, 0.05) is 23.7 Å². The van der Waals surface area contributed by atoms with Crippen LogP contribution in [0, 0.1) is 0 Å². The molecular formula is C21H25ClN2O3. The van der Waals surface area contributed by atoms with Crippen molar-refractivity contribution in [1.82, 2.24) is 10.2 Å². The minimum absolute atomic E-state index is 0.0885. The summed E-state index contributed by atoms with van der Waals surface area (Å²) in [6.45, 7) is 0.497. The molecule has 0 spiro atoms. The van der Waals surface area contributed by atoms with Crippen molar-refractivity contribution in [3.8, 4) is 0 Å². The van der Waals surface area contributed by atoms with E-state index in [0.717, 1.165) is 37.7 Å². The van der Waals surface area contributed by atoms with E-state index in [9.17, 15) is 14.4 Å². The third kappa shape index (κ3) is 5.19. The third-order valence-electron chi connectivity index (χ3n) is 5.29. The first kappa shape index (κ1) is 19.6. The van der Waals surface area contributed by atoms with Gasteiger partial charge in [0.15, 0.2) is 0 Å². The van der Waals surface area contributed by atoms with Gasteiger partial charge < -0.3 is 10.2 Å². The zero-order valence-electron chi connectivity index (χ0n) is 15.3. The van der Waals surface area contributed by atoms with Crippen molar-refractivity contribution in [3.05, 3.63) is 40.9 Å². The van der Waals surface area contributed by atoms with E-state index in [0.29, 0.717) is 18.0 Å². The van der Waals surface area contributed by atoms with Gasteiger partial charge in [-0.05, 0) is 49.5 Å². The summed E-state index contributed by atoms with van der Waals surface area (Å²) >= 11 is 5.86. The highest BCUT2D eigenvalue weighted by Crippen LogP contribution is 2.21. The van der Waals surface area contributed by atoms with Crippen molar-refractivity contribution < 1.29 is 14.4 Å². The van der Waals surface area contributed by atoms with Gasteiger partial charge >= 0.3 is 0 Å². The smallest absolute Gasteiger partial charge is 0.289 e. The maximum absolute atomic E-state index is 12.6. The van der Waals surface area contributed by atoms with Gasteiger partial charge in [0.25, 0.3) is 5.91 Å². The lowest BCUT2D eigenvalue weighted by atomic mass is 9.95. The van der Waals surface area contributed by atoms with Crippen molar-refractivity contribution >= 4 is 35.3 Å². The van der Waals surface area contributed by atoms with E-state index in [2.05, 4.69) is 5.32 Å². The first-order valence-electron chi connectivity index (χ1n) is 9.63. The van der Waals surface area contributed by atoms with Crippen molar-refractivity contribution in [2.24, 2.45) is 0 Å². The number of likely N-dealkylation sites (tertiary alicyclic amines) is 1. The highest BCUT2D eigenvalue weighted by molar-refractivity contribution is 6.38. The Morgan fingerprint density at radius 3 is 2.41 bits per heavy atom. The van der Waals surface area contributed by atoms with Crippen LogP contribution >= 0.6 is 11.6 Å². The standard InChI is InChI=1S/C21H25ClN2O3/c22-16-11-8-15(9-12-16)10-13-19(25)24-14-4-7-18(24)20(26)21(27)23-17-5-2-1-3-6-17/h8-13,17-18H,1-7,14H2,(H,23,27). The molecule has 1 atom stereocenters. The Hall–Kier alpha value is -2.14. The molecule has 5 nitrogen and oxygen atoms in total. The van der Waals surface area contributed by atoms with Crippen molar-refractivity contribution in [2.75, 3.05) is 6.54 Å². The van der Waals surface area contributed by atoms with Crippen LogP contribution < -0.4 is 5.32 Å². The van der Waals surface area contributed by atoms with Gasteiger partial charge in [0.05, 0.1) is 0 Å². The first-order valence-corrected chi connectivity index (χ1v) is 10.0. The molecule has 1 saturated carbocycles. The third-order valence-corrected chi connectivity index (χ3v) is 5.54. The van der Waals surface area contributed by atoms with Crippen LogP contribution in [0.3, 0.4) is 0 Å². The van der Waals surface area contributed by atoms with Gasteiger partial charge in [-0.25, -0.2) is 0 Å². The molecule has 1 aliphatic carbocycles. The van der Waals surface area contributed by atoms with Gasteiger partial charge in [-0.1, -0.05) is 43.0 Å². The summed E-state index contributed by atoms with van der Waals surface area (Å²) < 4.78 is 0. The number of benzene rings is 1. The van der Waals surface area contributed by atoms with Crippen LogP contribution in [0.5, 0.6) is 0 Å². The quantitative estimate of drug-likeness (QED) is 0.621. The Labute approximate surface area is 164 Å². The van der Waals surface area contributed by atoms with Gasteiger partial charge in [-0.2, -0.15) is 0 Å². The summed E-state index contributed by atoms with van der Waals surface area (Å²) in [6, 6.07) is 6.57. The SMILES string of the molecule is O=C(NC1CCCCC1)C(=O)C1CCCN1C(=O)C=Cc1ccc(Cl)cc1. The summed E-state index contributed by atoms with van der Waals surface area (Å²) in [5.41, 5.74) is 0.852. The maximum Gasteiger partial charge on any atom is 0.289 e. The van der Waals surface area contributed by atoms with E-state index in [-0.39, 0.29) is 11.9 Å². The van der Waals surface area contributed by atoms with Gasteiger partial charge in [-0.3, -0.25) is 14.4 Å². The fourth-order valence-electron chi connectivity index (χ4n) is 3.79. The predicted octanol–water partition coefficient (Wildman–Crippen LogP) is 3.36. The van der Waals surface area contributed by atoms with E-state index < -0.39 is 17.7 Å². The number of rotatable bonds is 5. The molecular weight excluding hydrogens is 364 g/mol. The number of nitrogens with zero attached hydrogens (tertiary/aromatic N) is 1. The number of amides is 2. The minimum atomic E-state index is -0.657. The minimum Gasteiger partial charge on any atom is -0.347 e. The van der Waals surface area contributed by atoms with Crippen LogP contribution in [0.15, 0.2) is 30.3 Å². The summed E-state index contributed by atoms with van der Waals surface area (Å²) in [6.07, 6.45) is 9.63. The summed E-state index contributed by atoms with van der Waals surface area (Å²) in [5.74, 6) is -1.29. The molecule has 1 aromatic carbocycles. The molecule has 1 aromatic rings. The number of nitrogens with one attached hydrogen (secondary N) is 1. The second-order valence-electron chi connectivity index (χ2n) is 7.25. The van der Waals surface area contributed by atoms with E-state index in [1.807, 2.05) is 12.1 Å². The number of carbonyl (C=O) groups excluding carboxylic acids is 3. The molecule has 1 N–H and O–H groups in total. The van der Waals surface area contributed by atoms with E-state index in [4.69, 9.17) is 11.6 Å². The number of ketones is 1. The van der Waals surface area contributed by atoms with E-state index in [1.54, 1.807) is 18.2 Å². The first-order chi connectivity index (χ1) is 13.0. The molecule has 1 heterocycles. The van der Waals surface area contributed by atoms with Crippen LogP contribution in [0.2, 0.25) is 5.02 Å². The molecule has 2 aliphatic rings. The van der Waals surface area contributed by atoms with Crippen LogP contribution in [0.1, 0.15) is 50.5 Å². The highest BCUT2D eigenvalue weighted by atomic mass is 35.5. The predicted molar refractivity (Wildman–Crippen MR) is 105 cm³/mol. The normalized spacial score (nSPS) is 20.8. The number of Topliss-reactive ketones (excluding diaryl/α,β-unsaturated/α-hetero) is 1. The average molecular weight is 389 g/mol. The zero-order chi connectivity index (χ0) is 19.2. The molecule has 1 unspecified atom stereocenters. The fraction of sp³-hybridized carbons (Fsp3) is 0.476. The summed E-state index contributed by atoms with van der Waals surface area (Å²) in [7, 11) is 0. The molecule has 0 aromatic heterocycles. The second kappa shape index (κ2) is 9.18. The Balaban J connectivity index is 1.59. The maximum atomic E-state index is 12.6. The molecule has 0 bridgehead atoms. The van der Waals surface area contributed by atoms with E-state index in [1.165, 1.54) is 17.4 Å². The molecule has 0 radical (unpaired) electrons. The molecule has 3 rings (SSSR count). The van der Waals surface area contributed by atoms with E-state index >= 15 is 0 Å². The Morgan fingerprint density at radius 1 is 1.00 bits per heavy atom. The van der Waals surface area contributed by atoms with Gasteiger partial charge in [0.1, 0.15) is 6.04 Å². The molecule has 2 amide bonds. The summed E-state index contributed by atoms with van der Waals surface area (Å²) in [5, 5.41) is 3.49. The van der Waals surface area contributed by atoms with Crippen molar-refractivity contribution in [2.45, 2.75) is 57.0 Å². The molecule has 6 heteroatoms. The number of hydrogen-bond acceptors (Lipinski definition) is 3. The molecule has 27 heavy (non-hydrogen) atoms. The van der Waals surface area contributed by atoms with Crippen LogP contribution in [-0.4, -0.2) is 41.1 Å². The van der Waals surface area contributed by atoms with Crippen LogP contribution in [0.4, 0.5) is 0 Å². The van der Waals surface area contributed by atoms with Crippen LogP contribution in [0.25, 0.3) is 6.08 Å². The molecule has 144 valence electrons. The zero-order valence-corrected chi connectivity index (χ0v) is 16.1. The number of carbonyl (C=O) groups is 3. The van der Waals surface area contributed by atoms with Crippen LogP contribution in [-0.2, 0) is 14.4 Å². The lowest BCUT2D eigenvalue weighted by Gasteiger charge is -2.25. The average Bonchev–Trinajstić information content (AvgIpc) is 3.17. The molecule has 1 aliphatic heterocycles. The summed E-state index contributed by atoms with van der Waals surface area (Å²) in [4.78, 5) is 39.0. The fourth-order valence-corrected chi connectivity index (χ4v) is 3.92. The lowest BCUT2D eigenvalue weighted by Crippen LogP contribution is -2.49. The number of hydrogen-bond donors (Lipinski definition) is 1. The lowest BCUT2D eigenvalue weighted by molar-refractivity contribution is -0.143. The molecule has 1 saturated heterocycles. The monoisotopic (exact) mass is 388 g/mol.